The average molecular weight is 583 g/mol. The number of imidazole rings is 1. The molecule has 10 N–H and O–H groups in total. The van der Waals surface area contributed by atoms with E-state index in [0.29, 0.717) is 31.5 Å². The molecule has 0 saturated carbocycles. The first kappa shape index (κ1) is 32.3. The van der Waals surface area contributed by atoms with Gasteiger partial charge in [0.25, 0.3) is 0 Å². The summed E-state index contributed by atoms with van der Waals surface area (Å²) in [6.45, 7) is 4.11. The normalized spacial score (nSPS) is 14.9. The SMILES string of the molecule is CCC(C)C(NC(=O)C(N)Cc1cnc[nH]1)C(=O)NC(Cc1c[nH]c2ccccc12)C(=O)NC(CCCCN)C(=O)O. The van der Waals surface area contributed by atoms with Crippen LogP contribution in [0.15, 0.2) is 43.0 Å². The number of rotatable bonds is 17. The van der Waals surface area contributed by atoms with Crippen molar-refractivity contribution in [3.05, 3.63) is 54.2 Å². The molecule has 0 fully saturated rings. The van der Waals surface area contributed by atoms with E-state index in [4.69, 9.17) is 11.5 Å². The van der Waals surface area contributed by atoms with Crippen LogP contribution in [0.2, 0.25) is 0 Å². The molecule has 3 rings (SSSR count). The second-order valence-electron chi connectivity index (χ2n) is 10.6. The average Bonchev–Trinajstić information content (AvgIpc) is 3.64. The summed E-state index contributed by atoms with van der Waals surface area (Å²) >= 11 is 0. The van der Waals surface area contributed by atoms with Crippen LogP contribution < -0.4 is 27.4 Å². The number of para-hydroxylation sites is 1. The number of carboxylic acid groups (broad SMARTS) is 1. The van der Waals surface area contributed by atoms with Crippen LogP contribution in [0, 0.1) is 5.92 Å². The largest absolute Gasteiger partial charge is 0.480 e. The third-order valence-electron chi connectivity index (χ3n) is 7.42. The molecule has 13 nitrogen and oxygen atoms in total. The van der Waals surface area contributed by atoms with E-state index in [1.165, 1.54) is 6.33 Å². The second kappa shape index (κ2) is 15.7. The smallest absolute Gasteiger partial charge is 0.326 e. The number of unbranched alkanes of at least 4 members (excludes halogenated alkanes) is 1. The van der Waals surface area contributed by atoms with Gasteiger partial charge in [0.15, 0.2) is 0 Å². The number of carbonyl (C=O) groups excluding carboxylic acids is 3. The fourth-order valence-corrected chi connectivity index (χ4v) is 4.70. The lowest BCUT2D eigenvalue weighted by atomic mass is 9.96. The van der Waals surface area contributed by atoms with Crippen LogP contribution >= 0.6 is 0 Å². The van der Waals surface area contributed by atoms with E-state index in [1.54, 1.807) is 12.4 Å². The molecular weight excluding hydrogens is 540 g/mol. The molecular formula is C29H42N8O5. The maximum Gasteiger partial charge on any atom is 0.326 e. The lowest BCUT2D eigenvalue weighted by molar-refractivity contribution is -0.142. The molecule has 0 aliphatic rings. The molecule has 0 radical (unpaired) electrons. The van der Waals surface area contributed by atoms with Crippen molar-refractivity contribution in [3.8, 4) is 0 Å². The van der Waals surface area contributed by atoms with Gasteiger partial charge < -0.3 is 42.5 Å². The van der Waals surface area contributed by atoms with Gasteiger partial charge in [0.05, 0.1) is 12.4 Å². The van der Waals surface area contributed by atoms with Crippen LogP contribution in [0.25, 0.3) is 10.9 Å². The van der Waals surface area contributed by atoms with Crippen molar-refractivity contribution >= 4 is 34.6 Å². The van der Waals surface area contributed by atoms with Crippen molar-refractivity contribution in [3.63, 3.8) is 0 Å². The summed E-state index contributed by atoms with van der Waals surface area (Å²) in [4.78, 5) is 62.0. The lowest BCUT2D eigenvalue weighted by Gasteiger charge is -2.28. The zero-order valence-corrected chi connectivity index (χ0v) is 24.1. The number of aromatic amines is 2. The second-order valence-corrected chi connectivity index (χ2v) is 10.6. The number of fused-ring (bicyclic) bond motifs is 1. The fraction of sp³-hybridized carbons (Fsp3) is 0.483. The number of carbonyl (C=O) groups is 4. The standard InChI is InChI=1S/C29H42N8O5/c1-3-17(2)25(37-26(38)21(31)13-19-15-32-16-34-19)28(40)36-24(12-18-14-33-22-9-5-4-8-20(18)22)27(39)35-23(29(41)42)10-6-7-11-30/h4-5,8-9,14-17,21,23-25,33H,3,6-7,10-13,30-31H2,1-2H3,(H,32,34)(H,35,39)(H,36,40)(H,37,38)(H,41,42). The molecule has 0 bridgehead atoms. The molecule has 42 heavy (non-hydrogen) atoms. The number of hydrogen-bond acceptors (Lipinski definition) is 7. The van der Waals surface area contributed by atoms with Gasteiger partial charge in [-0.2, -0.15) is 0 Å². The number of aliphatic carboxylic acids is 1. The zero-order chi connectivity index (χ0) is 30.6. The van der Waals surface area contributed by atoms with E-state index in [0.717, 1.165) is 16.5 Å². The molecule has 13 heteroatoms. The quantitative estimate of drug-likeness (QED) is 0.106. The molecule has 5 unspecified atom stereocenters. The van der Waals surface area contributed by atoms with Crippen LogP contribution in [-0.4, -0.2) is 74.5 Å². The highest BCUT2D eigenvalue weighted by molar-refractivity contribution is 5.95. The van der Waals surface area contributed by atoms with Gasteiger partial charge in [-0.3, -0.25) is 14.4 Å². The summed E-state index contributed by atoms with van der Waals surface area (Å²) in [6.07, 6.45) is 7.02. The number of carboxylic acids is 1. The predicted octanol–water partition coefficient (Wildman–Crippen LogP) is 0.718. The van der Waals surface area contributed by atoms with Crippen LogP contribution in [0.3, 0.4) is 0 Å². The van der Waals surface area contributed by atoms with Gasteiger partial charge in [-0.1, -0.05) is 38.5 Å². The number of hydrogen-bond donors (Lipinski definition) is 8. The van der Waals surface area contributed by atoms with E-state index in [1.807, 2.05) is 38.1 Å². The van der Waals surface area contributed by atoms with E-state index in [-0.39, 0.29) is 25.2 Å². The van der Waals surface area contributed by atoms with Crippen molar-refractivity contribution in [1.82, 2.24) is 30.9 Å². The number of H-pyrrole nitrogens is 2. The van der Waals surface area contributed by atoms with Gasteiger partial charge in [0.2, 0.25) is 17.7 Å². The molecule has 0 saturated heterocycles. The Bertz CT molecular complexity index is 1320. The van der Waals surface area contributed by atoms with E-state index < -0.39 is 47.9 Å². The Kier molecular flexibility index (Phi) is 12.1. The van der Waals surface area contributed by atoms with Crippen LogP contribution in [0.1, 0.15) is 50.8 Å². The first-order chi connectivity index (χ1) is 20.1. The van der Waals surface area contributed by atoms with Crippen LogP contribution in [0.5, 0.6) is 0 Å². The predicted molar refractivity (Wildman–Crippen MR) is 158 cm³/mol. The highest BCUT2D eigenvalue weighted by Crippen LogP contribution is 2.20. The number of nitrogens with one attached hydrogen (secondary N) is 5. The Balaban J connectivity index is 1.81. The highest BCUT2D eigenvalue weighted by Gasteiger charge is 2.33. The minimum absolute atomic E-state index is 0.0945. The number of nitrogens with two attached hydrogens (primary N) is 2. The third kappa shape index (κ3) is 8.88. The maximum atomic E-state index is 13.7. The third-order valence-corrected chi connectivity index (χ3v) is 7.42. The Morgan fingerprint density at radius 1 is 0.976 bits per heavy atom. The van der Waals surface area contributed by atoms with E-state index in [2.05, 4.69) is 30.9 Å². The summed E-state index contributed by atoms with van der Waals surface area (Å²) in [5.41, 5.74) is 13.9. The Morgan fingerprint density at radius 2 is 1.71 bits per heavy atom. The van der Waals surface area contributed by atoms with Crippen molar-refractivity contribution in [2.45, 2.75) is 76.5 Å². The summed E-state index contributed by atoms with van der Waals surface area (Å²) in [6, 6.07) is 3.37. The van der Waals surface area contributed by atoms with Gasteiger partial charge in [-0.15, -0.1) is 0 Å². The molecule has 5 atom stereocenters. The molecule has 228 valence electrons. The molecule has 2 heterocycles. The van der Waals surface area contributed by atoms with Gasteiger partial charge >= 0.3 is 5.97 Å². The topological polar surface area (TPSA) is 221 Å². The summed E-state index contributed by atoms with van der Waals surface area (Å²) in [5, 5.41) is 18.7. The van der Waals surface area contributed by atoms with Crippen LogP contribution in [-0.2, 0) is 32.0 Å². The van der Waals surface area contributed by atoms with Gasteiger partial charge in [0.1, 0.15) is 18.1 Å². The lowest BCUT2D eigenvalue weighted by Crippen LogP contribution is -2.59. The number of benzene rings is 1. The first-order valence-electron chi connectivity index (χ1n) is 14.3. The van der Waals surface area contributed by atoms with E-state index >= 15 is 0 Å². The Morgan fingerprint density at radius 3 is 2.38 bits per heavy atom. The van der Waals surface area contributed by atoms with Crippen molar-refractivity contribution < 1.29 is 24.3 Å². The first-order valence-corrected chi connectivity index (χ1v) is 14.3. The zero-order valence-electron chi connectivity index (χ0n) is 24.1. The minimum atomic E-state index is -1.17. The number of amides is 3. The minimum Gasteiger partial charge on any atom is -0.480 e. The van der Waals surface area contributed by atoms with Crippen LogP contribution in [0.4, 0.5) is 0 Å². The van der Waals surface area contributed by atoms with Gasteiger partial charge in [0, 0.05) is 41.8 Å². The van der Waals surface area contributed by atoms with Gasteiger partial charge in [-0.05, 0) is 43.4 Å². The molecule has 0 aliphatic carbocycles. The maximum absolute atomic E-state index is 13.7. The Hall–Kier alpha value is -4.23. The highest BCUT2D eigenvalue weighted by atomic mass is 16.4. The number of nitrogens with zero attached hydrogens (tertiary/aromatic N) is 1. The van der Waals surface area contributed by atoms with Crippen molar-refractivity contribution in [2.75, 3.05) is 6.54 Å². The Labute approximate surface area is 244 Å². The summed E-state index contributed by atoms with van der Waals surface area (Å²) in [5.74, 6) is -3.18. The molecule has 0 spiro atoms. The number of aromatic nitrogens is 3. The van der Waals surface area contributed by atoms with Crippen molar-refractivity contribution in [2.24, 2.45) is 17.4 Å². The molecule has 2 aromatic heterocycles. The van der Waals surface area contributed by atoms with E-state index in [9.17, 15) is 24.3 Å². The molecule has 0 aliphatic heterocycles. The molecule has 3 aromatic rings. The summed E-state index contributed by atoms with van der Waals surface area (Å²) < 4.78 is 0. The monoisotopic (exact) mass is 582 g/mol. The molecule has 1 aromatic carbocycles. The van der Waals surface area contributed by atoms with Crippen molar-refractivity contribution in [1.29, 1.82) is 0 Å². The van der Waals surface area contributed by atoms with Gasteiger partial charge in [-0.25, -0.2) is 9.78 Å². The summed E-state index contributed by atoms with van der Waals surface area (Å²) in [7, 11) is 0. The molecule has 3 amide bonds. The fourth-order valence-electron chi connectivity index (χ4n) is 4.70.